The number of esters is 1. The van der Waals surface area contributed by atoms with Gasteiger partial charge in [0.2, 0.25) is 0 Å². The van der Waals surface area contributed by atoms with E-state index in [-0.39, 0.29) is 5.97 Å². The molecule has 0 radical (unpaired) electrons. The van der Waals surface area contributed by atoms with Crippen LogP contribution >= 0.6 is 0 Å². The summed E-state index contributed by atoms with van der Waals surface area (Å²) in [5.41, 5.74) is 4.84. The zero-order valence-corrected chi connectivity index (χ0v) is 22.2. The van der Waals surface area contributed by atoms with Crippen molar-refractivity contribution in [2.45, 2.75) is 31.8 Å². The molecule has 1 unspecified atom stereocenters. The molecular weight excluding hydrogens is 484 g/mol. The van der Waals surface area contributed by atoms with Gasteiger partial charge in [0.1, 0.15) is 11.5 Å². The van der Waals surface area contributed by atoms with Crippen LogP contribution in [0.3, 0.4) is 0 Å². The lowest BCUT2D eigenvalue weighted by Crippen LogP contribution is -2.33. The van der Waals surface area contributed by atoms with Gasteiger partial charge in [-0.05, 0) is 55.0 Å². The Labute approximate surface area is 229 Å². The summed E-state index contributed by atoms with van der Waals surface area (Å²) in [5.74, 6) is 1.03. The number of nitrogens with zero attached hydrogens (tertiary/aromatic N) is 1. The van der Waals surface area contributed by atoms with Crippen molar-refractivity contribution in [3.63, 3.8) is 0 Å². The van der Waals surface area contributed by atoms with Gasteiger partial charge in [-0.25, -0.2) is 4.79 Å². The topological polar surface area (TPSA) is 50.8 Å². The van der Waals surface area contributed by atoms with E-state index in [0.717, 1.165) is 53.3 Å². The van der Waals surface area contributed by atoms with E-state index in [1.54, 1.807) is 0 Å². The summed E-state index contributed by atoms with van der Waals surface area (Å²) < 4.78 is 12.9. The van der Waals surface area contributed by atoms with Crippen LogP contribution in [0, 0.1) is 0 Å². The number of carbonyl (C=O) groups is 1. The average molecular weight is 517 g/mol. The summed E-state index contributed by atoms with van der Waals surface area (Å²) in [7, 11) is 0. The lowest BCUT2D eigenvalue weighted by Gasteiger charge is -2.37. The fourth-order valence-corrected chi connectivity index (χ4v) is 5.66. The molecule has 0 saturated heterocycles. The first-order chi connectivity index (χ1) is 19.1. The number of benzene rings is 4. The Morgan fingerprint density at radius 3 is 2.49 bits per heavy atom. The van der Waals surface area contributed by atoms with Crippen molar-refractivity contribution in [3.05, 3.63) is 126 Å². The van der Waals surface area contributed by atoms with E-state index in [1.165, 1.54) is 12.8 Å². The molecule has 1 N–H and O–H groups in total. The lowest BCUT2D eigenvalue weighted by molar-refractivity contribution is 0.0224. The monoisotopic (exact) mass is 516 g/mol. The predicted molar refractivity (Wildman–Crippen MR) is 156 cm³/mol. The maximum absolute atomic E-state index is 13.2. The van der Waals surface area contributed by atoms with Crippen molar-refractivity contribution in [2.75, 3.05) is 23.3 Å². The Kier molecular flexibility index (Phi) is 6.57. The molecule has 0 aromatic heterocycles. The van der Waals surface area contributed by atoms with Crippen molar-refractivity contribution in [2.24, 2.45) is 0 Å². The minimum Gasteiger partial charge on any atom is -0.456 e. The van der Waals surface area contributed by atoms with Crippen molar-refractivity contribution >= 4 is 23.0 Å². The van der Waals surface area contributed by atoms with Crippen molar-refractivity contribution in [3.8, 4) is 11.5 Å². The molecule has 2 aliphatic rings. The molecule has 0 saturated carbocycles. The number of carbonyl (C=O) groups excluding carboxylic acids is 1. The molecule has 39 heavy (non-hydrogen) atoms. The van der Waals surface area contributed by atoms with Gasteiger partial charge in [0.05, 0.1) is 5.56 Å². The highest BCUT2D eigenvalue weighted by atomic mass is 16.6. The molecule has 2 aliphatic heterocycles. The fraction of sp³-hybridized carbons (Fsp3) is 0.206. The van der Waals surface area contributed by atoms with Crippen LogP contribution < -0.4 is 15.0 Å². The van der Waals surface area contributed by atoms with E-state index >= 15 is 0 Å². The molecule has 5 heteroatoms. The quantitative estimate of drug-likeness (QED) is 0.138. The molecule has 4 aromatic rings. The van der Waals surface area contributed by atoms with Crippen LogP contribution in [0.5, 0.6) is 11.5 Å². The van der Waals surface area contributed by atoms with Crippen LogP contribution in [0.2, 0.25) is 0 Å². The number of rotatable bonds is 9. The fourth-order valence-electron chi connectivity index (χ4n) is 5.66. The zero-order valence-electron chi connectivity index (χ0n) is 22.2. The van der Waals surface area contributed by atoms with E-state index in [9.17, 15) is 4.79 Å². The Morgan fingerprint density at radius 1 is 0.846 bits per heavy atom. The number of anilines is 3. The first-order valence-electron chi connectivity index (χ1n) is 13.6. The molecule has 0 aliphatic carbocycles. The summed E-state index contributed by atoms with van der Waals surface area (Å²) in [6.45, 7) is 7.86. The van der Waals surface area contributed by atoms with Crippen LogP contribution in [0.15, 0.2) is 104 Å². The van der Waals surface area contributed by atoms with E-state index in [0.29, 0.717) is 17.1 Å². The standard InChI is InChI=1S/C34H32N2O3/c1-3-5-11-21-36(20-4-2)26-17-18-29-32(23-26)38-31-19-16-25(35-24-12-7-6-8-13-24)22-30(31)34(29)28-15-10-9-14-27(28)33(37)39-34/h4,6-10,12-19,22-23,35H,2-3,5,11,20-21H2,1H3. The summed E-state index contributed by atoms with van der Waals surface area (Å²) >= 11 is 0. The van der Waals surface area contributed by atoms with Crippen LogP contribution in [-0.4, -0.2) is 19.1 Å². The number of hydrogen-bond acceptors (Lipinski definition) is 5. The highest BCUT2D eigenvalue weighted by molar-refractivity contribution is 5.97. The molecule has 5 nitrogen and oxygen atoms in total. The third-order valence-electron chi connectivity index (χ3n) is 7.50. The van der Waals surface area contributed by atoms with Crippen LogP contribution in [0.4, 0.5) is 17.1 Å². The zero-order chi connectivity index (χ0) is 26.8. The smallest absolute Gasteiger partial charge is 0.340 e. The van der Waals surface area contributed by atoms with Gasteiger partial charge < -0.3 is 19.7 Å². The third-order valence-corrected chi connectivity index (χ3v) is 7.50. The molecule has 1 spiro atoms. The number of para-hydroxylation sites is 1. The molecule has 1 atom stereocenters. The number of ether oxygens (including phenoxy) is 2. The Bertz CT molecular complexity index is 1530. The maximum Gasteiger partial charge on any atom is 0.340 e. The van der Waals surface area contributed by atoms with Gasteiger partial charge >= 0.3 is 5.97 Å². The largest absolute Gasteiger partial charge is 0.456 e. The van der Waals surface area contributed by atoms with Crippen LogP contribution in [0.1, 0.15) is 53.2 Å². The van der Waals surface area contributed by atoms with E-state index in [1.807, 2.05) is 78.9 Å². The summed E-state index contributed by atoms with van der Waals surface area (Å²) in [5, 5.41) is 3.47. The highest BCUT2D eigenvalue weighted by Gasteiger charge is 2.53. The molecule has 6 rings (SSSR count). The predicted octanol–water partition coefficient (Wildman–Crippen LogP) is 8.18. The minimum absolute atomic E-state index is 0.331. The second kappa shape index (κ2) is 10.3. The van der Waals surface area contributed by atoms with Gasteiger partial charge in [-0.15, -0.1) is 6.58 Å². The molecular formula is C34H32N2O3. The molecule has 0 bridgehead atoms. The van der Waals surface area contributed by atoms with Crippen molar-refractivity contribution in [1.82, 2.24) is 0 Å². The summed E-state index contributed by atoms with van der Waals surface area (Å²) in [6, 6.07) is 29.9. The number of fused-ring (bicyclic) bond motifs is 6. The number of nitrogens with one attached hydrogen (secondary N) is 1. The van der Waals surface area contributed by atoms with Gasteiger partial charge in [-0.2, -0.15) is 0 Å². The number of hydrogen-bond donors (Lipinski definition) is 1. The highest BCUT2D eigenvalue weighted by Crippen LogP contribution is 2.57. The normalized spacial score (nSPS) is 16.5. The van der Waals surface area contributed by atoms with Gasteiger partial charge in [-0.3, -0.25) is 0 Å². The molecule has 0 fully saturated rings. The van der Waals surface area contributed by atoms with Crippen LogP contribution in [-0.2, 0) is 10.3 Å². The van der Waals surface area contributed by atoms with E-state index in [2.05, 4.69) is 41.9 Å². The first kappa shape index (κ1) is 24.8. The second-order valence-corrected chi connectivity index (χ2v) is 10.0. The van der Waals surface area contributed by atoms with E-state index < -0.39 is 5.60 Å². The SMILES string of the molecule is C=CCN(CCCCC)c1ccc2c(c1)Oc1ccc(Nc3ccccc3)cc1C21OC(=O)c2ccccc21. The summed E-state index contributed by atoms with van der Waals surface area (Å²) in [4.78, 5) is 15.6. The van der Waals surface area contributed by atoms with Gasteiger partial charge in [0, 0.05) is 52.9 Å². The Morgan fingerprint density at radius 2 is 1.67 bits per heavy atom. The first-order valence-corrected chi connectivity index (χ1v) is 13.6. The minimum atomic E-state index is -1.10. The molecule has 0 amide bonds. The average Bonchev–Trinajstić information content (AvgIpc) is 3.26. The molecule has 2 heterocycles. The number of unbranched alkanes of at least 4 members (excludes halogenated alkanes) is 2. The second-order valence-electron chi connectivity index (χ2n) is 10.0. The van der Waals surface area contributed by atoms with Gasteiger partial charge in [0.15, 0.2) is 5.60 Å². The van der Waals surface area contributed by atoms with Gasteiger partial charge in [-0.1, -0.05) is 62.2 Å². The van der Waals surface area contributed by atoms with E-state index in [4.69, 9.17) is 9.47 Å². The van der Waals surface area contributed by atoms with Crippen molar-refractivity contribution in [1.29, 1.82) is 0 Å². The van der Waals surface area contributed by atoms with Crippen molar-refractivity contribution < 1.29 is 14.3 Å². The summed E-state index contributed by atoms with van der Waals surface area (Å²) in [6.07, 6.45) is 5.38. The third kappa shape index (κ3) is 4.34. The Hall–Kier alpha value is -4.51. The molecule has 4 aromatic carbocycles. The lowest BCUT2D eigenvalue weighted by atomic mass is 9.77. The van der Waals surface area contributed by atoms with Crippen LogP contribution in [0.25, 0.3) is 0 Å². The van der Waals surface area contributed by atoms with Gasteiger partial charge in [0.25, 0.3) is 0 Å². The molecule has 196 valence electrons. The Balaban J connectivity index is 1.48. The maximum atomic E-state index is 13.2.